The molecule has 3 rings (SSSR count). The Kier molecular flexibility index (Phi) is 12.9. The van der Waals surface area contributed by atoms with Crippen molar-refractivity contribution in [3.63, 3.8) is 0 Å². The minimum Gasteiger partial charge on any atom is -0.303 e. The van der Waals surface area contributed by atoms with Crippen LogP contribution < -0.4 is 0 Å². The van der Waals surface area contributed by atoms with Crippen LogP contribution in [-0.2, 0) is 19.5 Å². The molecule has 0 N–H and O–H groups in total. The summed E-state index contributed by atoms with van der Waals surface area (Å²) in [6.45, 7) is 10.6. The van der Waals surface area contributed by atoms with Gasteiger partial charge in [0.15, 0.2) is 0 Å². The van der Waals surface area contributed by atoms with Crippen LogP contribution in [-0.4, -0.2) is 39.5 Å². The van der Waals surface area contributed by atoms with E-state index in [2.05, 4.69) is 40.6 Å². The summed E-state index contributed by atoms with van der Waals surface area (Å²) in [5, 5.41) is 0. The Bertz CT molecular complexity index is 708. The van der Waals surface area contributed by atoms with E-state index >= 15 is 0 Å². The summed E-state index contributed by atoms with van der Waals surface area (Å²) in [6, 6.07) is 11.9. The van der Waals surface area contributed by atoms with Crippen molar-refractivity contribution in [3.05, 3.63) is 67.4 Å². The third-order valence-corrected chi connectivity index (χ3v) is 4.33. The number of pyridine rings is 3. The van der Waals surface area contributed by atoms with Gasteiger partial charge in [0.2, 0.25) is 0 Å². The molecule has 0 aromatic carbocycles. The van der Waals surface area contributed by atoms with E-state index in [4.69, 9.17) is 0 Å². The SMILES string of the molecule is CCCN(CCC)CCC.[Ru].c1cncc(-c2cccnc2-c2cccnc2)c1. The molecule has 4 nitrogen and oxygen atoms in total. The van der Waals surface area contributed by atoms with Crippen LogP contribution in [0, 0.1) is 0 Å². The molecule has 0 amide bonds. The molecular formula is C24H32N4Ru. The number of hydrogen-bond donors (Lipinski definition) is 0. The second kappa shape index (κ2) is 15.0. The van der Waals surface area contributed by atoms with Gasteiger partial charge in [0.05, 0.1) is 5.69 Å². The summed E-state index contributed by atoms with van der Waals surface area (Å²) in [7, 11) is 0. The van der Waals surface area contributed by atoms with Gasteiger partial charge < -0.3 is 4.90 Å². The molecule has 29 heavy (non-hydrogen) atoms. The van der Waals surface area contributed by atoms with E-state index in [0.29, 0.717) is 0 Å². The van der Waals surface area contributed by atoms with Crippen molar-refractivity contribution in [2.75, 3.05) is 19.6 Å². The first-order valence-electron chi connectivity index (χ1n) is 10.3. The maximum atomic E-state index is 4.46. The quantitative estimate of drug-likeness (QED) is 0.389. The molecule has 5 heteroatoms. The fourth-order valence-corrected chi connectivity index (χ4v) is 3.18. The molecule has 156 valence electrons. The molecule has 0 fully saturated rings. The Morgan fingerprint density at radius 3 is 1.69 bits per heavy atom. The molecule has 0 unspecified atom stereocenters. The van der Waals surface area contributed by atoms with Gasteiger partial charge in [0.25, 0.3) is 0 Å². The van der Waals surface area contributed by atoms with Crippen LogP contribution in [0.2, 0.25) is 0 Å². The van der Waals surface area contributed by atoms with Crippen molar-refractivity contribution in [3.8, 4) is 22.4 Å². The Balaban J connectivity index is 0.000000332. The first kappa shape index (κ1) is 25.1. The van der Waals surface area contributed by atoms with E-state index in [1.165, 1.54) is 38.9 Å². The first-order valence-corrected chi connectivity index (χ1v) is 10.3. The topological polar surface area (TPSA) is 41.9 Å². The zero-order chi connectivity index (χ0) is 20.0. The van der Waals surface area contributed by atoms with Crippen molar-refractivity contribution in [2.45, 2.75) is 40.0 Å². The molecule has 0 aliphatic carbocycles. The normalized spacial score (nSPS) is 10.1. The predicted octanol–water partition coefficient (Wildman–Crippen LogP) is 5.72. The van der Waals surface area contributed by atoms with Crippen LogP contribution in [0.15, 0.2) is 67.4 Å². The van der Waals surface area contributed by atoms with Crippen molar-refractivity contribution in [1.82, 2.24) is 19.9 Å². The maximum Gasteiger partial charge on any atom is 0.0796 e. The summed E-state index contributed by atoms with van der Waals surface area (Å²) in [4.78, 5) is 15.3. The average Bonchev–Trinajstić information content (AvgIpc) is 2.76. The van der Waals surface area contributed by atoms with Gasteiger partial charge in [-0.05, 0) is 63.2 Å². The third kappa shape index (κ3) is 8.51. The fourth-order valence-electron chi connectivity index (χ4n) is 3.18. The van der Waals surface area contributed by atoms with Gasteiger partial charge in [-0.15, -0.1) is 0 Å². The van der Waals surface area contributed by atoms with Gasteiger partial charge in [-0.25, -0.2) is 0 Å². The zero-order valence-corrected chi connectivity index (χ0v) is 19.5. The summed E-state index contributed by atoms with van der Waals surface area (Å²) < 4.78 is 0. The number of aromatic nitrogens is 3. The van der Waals surface area contributed by atoms with E-state index < -0.39 is 0 Å². The van der Waals surface area contributed by atoms with E-state index in [1.807, 2.05) is 48.8 Å². The summed E-state index contributed by atoms with van der Waals surface area (Å²) in [5.74, 6) is 0. The second-order valence-corrected chi connectivity index (χ2v) is 6.72. The Hall–Kier alpha value is -1.97. The van der Waals surface area contributed by atoms with Gasteiger partial charge in [-0.2, -0.15) is 0 Å². The number of nitrogens with zero attached hydrogens (tertiary/aromatic N) is 4. The molecule has 3 heterocycles. The van der Waals surface area contributed by atoms with Gasteiger partial charge in [-0.1, -0.05) is 32.9 Å². The van der Waals surface area contributed by atoms with E-state index in [-0.39, 0.29) is 19.5 Å². The van der Waals surface area contributed by atoms with Gasteiger partial charge in [0, 0.05) is 67.2 Å². The van der Waals surface area contributed by atoms with Crippen LogP contribution >= 0.6 is 0 Å². The minimum absolute atomic E-state index is 0. The van der Waals surface area contributed by atoms with Gasteiger partial charge in [0.1, 0.15) is 0 Å². The predicted molar refractivity (Wildman–Crippen MR) is 118 cm³/mol. The maximum absolute atomic E-state index is 4.46. The smallest absolute Gasteiger partial charge is 0.0796 e. The van der Waals surface area contributed by atoms with E-state index in [1.54, 1.807) is 18.6 Å². The summed E-state index contributed by atoms with van der Waals surface area (Å²) >= 11 is 0. The second-order valence-electron chi connectivity index (χ2n) is 6.72. The van der Waals surface area contributed by atoms with Crippen LogP contribution in [0.4, 0.5) is 0 Å². The molecular weight excluding hydrogens is 445 g/mol. The molecule has 0 aliphatic rings. The standard InChI is InChI=1S/C15H11N3.C9H21N.Ru/c1-4-12(10-16-7-1)14-6-3-9-18-15(14)13-5-2-8-17-11-13;1-4-7-10(8-5-2)9-6-3;/h1-11H;4-9H2,1-3H3;. The molecule has 0 atom stereocenters. The summed E-state index contributed by atoms with van der Waals surface area (Å²) in [6.07, 6.45) is 12.9. The first-order chi connectivity index (χ1) is 13.8. The van der Waals surface area contributed by atoms with Gasteiger partial charge >= 0.3 is 0 Å². The molecule has 3 aromatic rings. The van der Waals surface area contributed by atoms with Crippen LogP contribution in [0.25, 0.3) is 22.4 Å². The fraction of sp³-hybridized carbons (Fsp3) is 0.375. The molecule has 0 spiro atoms. The average molecular weight is 478 g/mol. The van der Waals surface area contributed by atoms with Crippen molar-refractivity contribution >= 4 is 0 Å². The minimum atomic E-state index is 0. The van der Waals surface area contributed by atoms with Crippen LogP contribution in [0.3, 0.4) is 0 Å². The van der Waals surface area contributed by atoms with Crippen LogP contribution in [0.1, 0.15) is 40.0 Å². The largest absolute Gasteiger partial charge is 0.303 e. The third-order valence-electron chi connectivity index (χ3n) is 4.33. The van der Waals surface area contributed by atoms with Crippen molar-refractivity contribution in [2.24, 2.45) is 0 Å². The monoisotopic (exact) mass is 478 g/mol. The zero-order valence-electron chi connectivity index (χ0n) is 17.7. The summed E-state index contributed by atoms with van der Waals surface area (Å²) in [5.41, 5.74) is 4.07. The number of hydrogen-bond acceptors (Lipinski definition) is 4. The van der Waals surface area contributed by atoms with E-state index in [9.17, 15) is 0 Å². The van der Waals surface area contributed by atoms with E-state index in [0.717, 1.165) is 22.4 Å². The van der Waals surface area contributed by atoms with Gasteiger partial charge in [-0.3, -0.25) is 15.0 Å². The molecule has 0 radical (unpaired) electrons. The van der Waals surface area contributed by atoms with Crippen LogP contribution in [0.5, 0.6) is 0 Å². The molecule has 0 saturated carbocycles. The Morgan fingerprint density at radius 1 is 0.690 bits per heavy atom. The van der Waals surface area contributed by atoms with Crippen molar-refractivity contribution < 1.29 is 19.5 Å². The molecule has 0 saturated heterocycles. The van der Waals surface area contributed by atoms with Crippen molar-refractivity contribution in [1.29, 1.82) is 0 Å². The number of rotatable bonds is 8. The molecule has 0 bridgehead atoms. The molecule has 0 aliphatic heterocycles. The molecule has 3 aromatic heterocycles. The Morgan fingerprint density at radius 2 is 1.21 bits per heavy atom. The Labute approximate surface area is 188 Å².